The van der Waals surface area contributed by atoms with Crippen molar-refractivity contribution < 1.29 is 4.79 Å². The van der Waals surface area contributed by atoms with Gasteiger partial charge in [0, 0.05) is 0 Å². The molecule has 0 bridgehead atoms. The lowest BCUT2D eigenvalue weighted by atomic mass is 9.99. The number of hydrogen-bond acceptors (Lipinski definition) is 3. The van der Waals surface area contributed by atoms with E-state index >= 15 is 0 Å². The van der Waals surface area contributed by atoms with Crippen LogP contribution in [-0.4, -0.2) is 10.9 Å². The van der Waals surface area contributed by atoms with Gasteiger partial charge < -0.3 is 5.73 Å². The summed E-state index contributed by atoms with van der Waals surface area (Å²) in [6, 6.07) is 7.92. The van der Waals surface area contributed by atoms with E-state index in [1.165, 1.54) is 4.88 Å². The van der Waals surface area contributed by atoms with Gasteiger partial charge in [0.25, 0.3) is 0 Å². The lowest BCUT2D eigenvalue weighted by Crippen LogP contribution is -2.18. The highest BCUT2D eigenvalue weighted by atomic mass is 32.1. The van der Waals surface area contributed by atoms with Crippen LogP contribution in [0.4, 0.5) is 0 Å². The maximum atomic E-state index is 11.1. The van der Waals surface area contributed by atoms with E-state index in [1.54, 1.807) is 11.3 Å². The standard InChI is InChI=1S/C13H14N2OS/c1-8(13(14)16)10-3-5-11(6-4-10)12-9(2)15-7-17-12/h3-8H,1-2H3,(H2,14,16)/t8-/m0/s1. The maximum absolute atomic E-state index is 11.1. The Bertz CT molecular complexity index is 531. The summed E-state index contributed by atoms with van der Waals surface area (Å²) >= 11 is 1.62. The first-order valence-electron chi connectivity index (χ1n) is 5.39. The highest BCUT2D eigenvalue weighted by Gasteiger charge is 2.12. The van der Waals surface area contributed by atoms with Gasteiger partial charge >= 0.3 is 0 Å². The molecule has 1 atom stereocenters. The predicted octanol–water partition coefficient (Wildman–Crippen LogP) is 2.71. The summed E-state index contributed by atoms with van der Waals surface area (Å²) in [5, 5.41) is 0. The summed E-state index contributed by atoms with van der Waals surface area (Å²) in [5.41, 5.74) is 10.2. The number of nitrogens with two attached hydrogens (primary N) is 1. The molecule has 2 rings (SSSR count). The Morgan fingerprint density at radius 2 is 2.00 bits per heavy atom. The van der Waals surface area contributed by atoms with E-state index < -0.39 is 0 Å². The number of rotatable bonds is 3. The Hall–Kier alpha value is -1.68. The molecule has 17 heavy (non-hydrogen) atoms. The molecule has 0 saturated carbocycles. The smallest absolute Gasteiger partial charge is 0.224 e. The lowest BCUT2D eigenvalue weighted by Gasteiger charge is -2.08. The normalized spacial score (nSPS) is 12.4. The van der Waals surface area contributed by atoms with Crippen molar-refractivity contribution in [2.45, 2.75) is 19.8 Å². The molecule has 0 saturated heterocycles. The molecule has 2 N–H and O–H groups in total. The fourth-order valence-electron chi connectivity index (χ4n) is 1.67. The summed E-state index contributed by atoms with van der Waals surface area (Å²) in [7, 11) is 0. The van der Waals surface area contributed by atoms with E-state index in [4.69, 9.17) is 5.73 Å². The molecular formula is C13H14N2OS. The molecule has 1 aromatic heterocycles. The summed E-state index contributed by atoms with van der Waals surface area (Å²) in [6.45, 7) is 3.81. The molecule has 0 fully saturated rings. The fraction of sp³-hybridized carbons (Fsp3) is 0.231. The monoisotopic (exact) mass is 246 g/mol. The van der Waals surface area contributed by atoms with Gasteiger partial charge in [0.05, 0.1) is 22.0 Å². The number of primary amides is 1. The Morgan fingerprint density at radius 1 is 1.35 bits per heavy atom. The SMILES string of the molecule is Cc1ncsc1-c1ccc([C@H](C)C(N)=O)cc1. The average Bonchev–Trinajstić information content (AvgIpc) is 2.74. The first kappa shape index (κ1) is 11.8. The molecule has 0 aliphatic carbocycles. The van der Waals surface area contributed by atoms with E-state index in [9.17, 15) is 4.79 Å². The number of aryl methyl sites for hydroxylation is 1. The van der Waals surface area contributed by atoms with Gasteiger partial charge in [0.2, 0.25) is 5.91 Å². The summed E-state index contributed by atoms with van der Waals surface area (Å²) in [5.74, 6) is -0.543. The van der Waals surface area contributed by atoms with E-state index in [1.807, 2.05) is 43.6 Å². The molecular weight excluding hydrogens is 232 g/mol. The summed E-state index contributed by atoms with van der Waals surface area (Å²) in [4.78, 5) is 16.5. The minimum atomic E-state index is -0.299. The van der Waals surface area contributed by atoms with E-state index in [-0.39, 0.29) is 11.8 Å². The van der Waals surface area contributed by atoms with Crippen LogP contribution in [0.5, 0.6) is 0 Å². The van der Waals surface area contributed by atoms with Crippen molar-refractivity contribution in [3.8, 4) is 10.4 Å². The Balaban J connectivity index is 2.31. The first-order chi connectivity index (χ1) is 8.09. The number of hydrogen-bond donors (Lipinski definition) is 1. The summed E-state index contributed by atoms with van der Waals surface area (Å²) in [6.07, 6.45) is 0. The van der Waals surface area contributed by atoms with Crippen LogP contribution in [0.2, 0.25) is 0 Å². The number of carbonyl (C=O) groups excluding carboxylic acids is 1. The van der Waals surface area contributed by atoms with Crippen molar-refractivity contribution >= 4 is 17.2 Å². The molecule has 0 unspecified atom stereocenters. The van der Waals surface area contributed by atoms with Crippen LogP contribution in [0.15, 0.2) is 29.8 Å². The topological polar surface area (TPSA) is 56.0 Å². The number of benzene rings is 1. The molecule has 0 radical (unpaired) electrons. The largest absolute Gasteiger partial charge is 0.369 e. The van der Waals surface area contributed by atoms with Gasteiger partial charge in [-0.05, 0) is 25.0 Å². The third kappa shape index (κ3) is 2.36. The van der Waals surface area contributed by atoms with Gasteiger partial charge in [-0.2, -0.15) is 0 Å². The van der Waals surface area contributed by atoms with Crippen molar-refractivity contribution in [2.75, 3.05) is 0 Å². The minimum Gasteiger partial charge on any atom is -0.369 e. The Morgan fingerprint density at radius 3 is 2.47 bits per heavy atom. The average molecular weight is 246 g/mol. The summed E-state index contributed by atoms with van der Waals surface area (Å²) < 4.78 is 0. The van der Waals surface area contributed by atoms with Gasteiger partial charge in [-0.3, -0.25) is 4.79 Å². The highest BCUT2D eigenvalue weighted by molar-refractivity contribution is 7.13. The second-order valence-electron chi connectivity index (χ2n) is 4.01. The molecule has 3 nitrogen and oxygen atoms in total. The van der Waals surface area contributed by atoms with E-state index in [0.29, 0.717) is 0 Å². The lowest BCUT2D eigenvalue weighted by molar-refractivity contribution is -0.119. The second kappa shape index (κ2) is 4.67. The zero-order chi connectivity index (χ0) is 12.4. The predicted molar refractivity (Wildman–Crippen MR) is 69.9 cm³/mol. The Labute approximate surface area is 104 Å². The van der Waals surface area contributed by atoms with E-state index in [0.717, 1.165) is 16.8 Å². The van der Waals surface area contributed by atoms with Gasteiger partial charge in [0.1, 0.15) is 0 Å². The fourth-order valence-corrected chi connectivity index (χ4v) is 2.48. The van der Waals surface area contributed by atoms with Crippen molar-refractivity contribution in [3.63, 3.8) is 0 Å². The van der Waals surface area contributed by atoms with Crippen LogP contribution in [0.25, 0.3) is 10.4 Å². The van der Waals surface area contributed by atoms with Crippen molar-refractivity contribution in [2.24, 2.45) is 5.73 Å². The number of carbonyl (C=O) groups is 1. The van der Waals surface area contributed by atoms with Crippen molar-refractivity contribution in [1.82, 2.24) is 4.98 Å². The number of thiazole rings is 1. The van der Waals surface area contributed by atoms with Crippen molar-refractivity contribution in [3.05, 3.63) is 41.0 Å². The molecule has 2 aromatic rings. The van der Waals surface area contributed by atoms with Crippen LogP contribution in [0.1, 0.15) is 24.1 Å². The van der Waals surface area contributed by atoms with Crippen LogP contribution in [-0.2, 0) is 4.79 Å². The minimum absolute atomic E-state index is 0.244. The van der Waals surface area contributed by atoms with Gasteiger partial charge in [-0.25, -0.2) is 4.98 Å². The van der Waals surface area contributed by atoms with Crippen LogP contribution < -0.4 is 5.73 Å². The molecule has 1 heterocycles. The number of amides is 1. The molecule has 1 aromatic carbocycles. The quantitative estimate of drug-likeness (QED) is 0.905. The van der Waals surface area contributed by atoms with Crippen LogP contribution >= 0.6 is 11.3 Å². The van der Waals surface area contributed by atoms with Gasteiger partial charge in [0.15, 0.2) is 0 Å². The Kier molecular flexibility index (Phi) is 3.24. The number of aromatic nitrogens is 1. The molecule has 88 valence electrons. The highest BCUT2D eigenvalue weighted by Crippen LogP contribution is 2.28. The molecule has 0 spiro atoms. The zero-order valence-corrected chi connectivity index (χ0v) is 10.6. The first-order valence-corrected chi connectivity index (χ1v) is 6.27. The van der Waals surface area contributed by atoms with Crippen LogP contribution in [0, 0.1) is 6.92 Å². The third-order valence-corrected chi connectivity index (χ3v) is 3.82. The molecule has 4 heteroatoms. The zero-order valence-electron chi connectivity index (χ0n) is 9.81. The molecule has 1 amide bonds. The third-order valence-electron chi connectivity index (χ3n) is 2.85. The molecule has 0 aliphatic heterocycles. The van der Waals surface area contributed by atoms with Crippen molar-refractivity contribution in [1.29, 1.82) is 0 Å². The maximum Gasteiger partial charge on any atom is 0.224 e. The van der Waals surface area contributed by atoms with Gasteiger partial charge in [-0.15, -0.1) is 11.3 Å². The second-order valence-corrected chi connectivity index (χ2v) is 4.87. The van der Waals surface area contributed by atoms with E-state index in [2.05, 4.69) is 4.98 Å². The molecule has 0 aliphatic rings. The van der Waals surface area contributed by atoms with Gasteiger partial charge in [-0.1, -0.05) is 24.3 Å². The van der Waals surface area contributed by atoms with Crippen LogP contribution in [0.3, 0.4) is 0 Å². The number of nitrogens with zero attached hydrogens (tertiary/aromatic N) is 1.